The van der Waals surface area contributed by atoms with Crippen molar-refractivity contribution in [2.45, 2.75) is 45.3 Å². The molecule has 0 radical (unpaired) electrons. The first-order chi connectivity index (χ1) is 5.07. The van der Waals surface area contributed by atoms with E-state index in [0.29, 0.717) is 6.42 Å². The zero-order valence-electron chi connectivity index (χ0n) is 7.21. The maximum atomic E-state index is 11.1. The monoisotopic (exact) mass is 159 g/mol. The molecule has 0 heterocycles. The average molecular weight is 159 g/mol. The lowest BCUT2D eigenvalue weighted by molar-refractivity contribution is -0.122. The molecule has 1 unspecified atom stereocenters. The van der Waals surface area contributed by atoms with Crippen LogP contribution in [0, 0.1) is 0 Å². The summed E-state index contributed by atoms with van der Waals surface area (Å²) in [6.07, 6.45) is 1.24. The van der Waals surface area contributed by atoms with Gasteiger partial charge < -0.3 is 10.8 Å². The van der Waals surface area contributed by atoms with Gasteiger partial charge in [-0.2, -0.15) is 0 Å². The van der Waals surface area contributed by atoms with Gasteiger partial charge in [-0.1, -0.05) is 13.3 Å². The van der Waals surface area contributed by atoms with Gasteiger partial charge in [0.1, 0.15) is 0 Å². The second kappa shape index (κ2) is 5.27. The van der Waals surface area contributed by atoms with E-state index in [9.17, 15) is 4.79 Å². The second-order valence-corrected chi connectivity index (χ2v) is 2.91. The fraction of sp³-hybridized carbons (Fsp3) is 0.875. The highest BCUT2D eigenvalue weighted by molar-refractivity contribution is 5.84. The van der Waals surface area contributed by atoms with Crippen LogP contribution in [0.25, 0.3) is 0 Å². The topological polar surface area (TPSA) is 63.3 Å². The number of aliphatic hydroxyl groups is 1. The van der Waals surface area contributed by atoms with Gasteiger partial charge in [0.2, 0.25) is 0 Å². The van der Waals surface area contributed by atoms with Gasteiger partial charge in [0.15, 0.2) is 5.78 Å². The molecule has 0 aromatic rings. The van der Waals surface area contributed by atoms with Crippen LogP contribution in [0.2, 0.25) is 0 Å². The van der Waals surface area contributed by atoms with E-state index in [1.807, 2.05) is 6.92 Å². The van der Waals surface area contributed by atoms with E-state index in [2.05, 4.69) is 0 Å². The van der Waals surface area contributed by atoms with Crippen molar-refractivity contribution in [3.8, 4) is 0 Å². The quantitative estimate of drug-likeness (QED) is 0.612. The number of Topliss-reactive ketones (excluding diaryl/α,β-unsaturated/α-hetero) is 1. The summed E-state index contributed by atoms with van der Waals surface area (Å²) >= 11 is 0. The molecule has 0 aliphatic rings. The van der Waals surface area contributed by atoms with Crippen molar-refractivity contribution in [2.24, 2.45) is 5.73 Å². The summed E-state index contributed by atoms with van der Waals surface area (Å²) in [5, 5.41) is 8.86. The molecule has 3 heteroatoms. The Labute approximate surface area is 67.6 Å². The molecular formula is C8H17NO2. The molecule has 0 spiro atoms. The van der Waals surface area contributed by atoms with E-state index in [-0.39, 0.29) is 18.2 Å². The Morgan fingerprint density at radius 1 is 1.64 bits per heavy atom. The number of hydrogen-bond acceptors (Lipinski definition) is 3. The van der Waals surface area contributed by atoms with Crippen LogP contribution in [-0.2, 0) is 4.79 Å². The molecule has 3 nitrogen and oxygen atoms in total. The number of carbonyl (C=O) groups is 1. The Morgan fingerprint density at radius 3 is 2.55 bits per heavy atom. The Balaban J connectivity index is 3.64. The van der Waals surface area contributed by atoms with Crippen LogP contribution in [0.15, 0.2) is 0 Å². The van der Waals surface area contributed by atoms with Crippen LogP contribution >= 0.6 is 0 Å². The molecule has 0 saturated carbocycles. The third-order valence-electron chi connectivity index (χ3n) is 1.51. The third kappa shape index (κ3) is 4.93. The molecule has 0 aliphatic heterocycles. The Kier molecular flexibility index (Phi) is 5.07. The van der Waals surface area contributed by atoms with Crippen LogP contribution in [0.5, 0.6) is 0 Å². The molecule has 0 aromatic carbocycles. The minimum Gasteiger partial charge on any atom is -0.393 e. The molecule has 0 fully saturated rings. The zero-order valence-corrected chi connectivity index (χ0v) is 7.21. The van der Waals surface area contributed by atoms with E-state index in [4.69, 9.17) is 10.8 Å². The van der Waals surface area contributed by atoms with Crippen molar-refractivity contribution in [3.63, 3.8) is 0 Å². The zero-order chi connectivity index (χ0) is 8.85. The molecule has 66 valence electrons. The molecule has 0 bridgehead atoms. The molecule has 0 saturated heterocycles. The summed E-state index contributed by atoms with van der Waals surface area (Å²) in [5.74, 6) is -0.0400. The predicted octanol–water partition coefficient (Wildman–Crippen LogP) is 0.454. The number of hydrogen-bond donors (Lipinski definition) is 2. The molecule has 3 N–H and O–H groups in total. The number of aliphatic hydroxyl groups excluding tert-OH is 1. The first-order valence-corrected chi connectivity index (χ1v) is 4.04. The van der Waals surface area contributed by atoms with Gasteiger partial charge in [-0.15, -0.1) is 0 Å². The lowest BCUT2D eigenvalue weighted by Gasteiger charge is -2.09. The highest BCUT2D eigenvalue weighted by atomic mass is 16.3. The van der Waals surface area contributed by atoms with Crippen molar-refractivity contribution >= 4 is 5.78 Å². The molecular weight excluding hydrogens is 142 g/mol. The maximum Gasteiger partial charge on any atom is 0.152 e. The SMILES string of the molecule is CCC[C@H](N)C(=O)CC(C)O. The minimum atomic E-state index is -0.564. The van der Waals surface area contributed by atoms with Gasteiger partial charge in [-0.25, -0.2) is 0 Å². The number of ketones is 1. The largest absolute Gasteiger partial charge is 0.393 e. The first-order valence-electron chi connectivity index (χ1n) is 4.04. The summed E-state index contributed by atoms with van der Waals surface area (Å²) < 4.78 is 0. The van der Waals surface area contributed by atoms with Gasteiger partial charge >= 0.3 is 0 Å². The predicted molar refractivity (Wildman–Crippen MR) is 44.2 cm³/mol. The lowest BCUT2D eigenvalue weighted by Crippen LogP contribution is -2.32. The van der Waals surface area contributed by atoms with E-state index >= 15 is 0 Å². The molecule has 2 atom stereocenters. The number of nitrogens with two attached hydrogens (primary N) is 1. The van der Waals surface area contributed by atoms with E-state index < -0.39 is 6.10 Å². The van der Waals surface area contributed by atoms with Crippen molar-refractivity contribution in [3.05, 3.63) is 0 Å². The molecule has 0 aliphatic carbocycles. The summed E-state index contributed by atoms with van der Waals surface area (Å²) in [4.78, 5) is 11.1. The van der Waals surface area contributed by atoms with Crippen molar-refractivity contribution < 1.29 is 9.90 Å². The van der Waals surface area contributed by atoms with Crippen LogP contribution in [0.1, 0.15) is 33.1 Å². The van der Waals surface area contributed by atoms with E-state index in [0.717, 1.165) is 6.42 Å². The van der Waals surface area contributed by atoms with Crippen molar-refractivity contribution in [1.29, 1.82) is 0 Å². The van der Waals surface area contributed by atoms with E-state index in [1.165, 1.54) is 0 Å². The molecule has 0 amide bonds. The summed E-state index contributed by atoms with van der Waals surface area (Å²) in [6.45, 7) is 3.58. The standard InChI is InChI=1S/C8H17NO2/c1-3-4-7(9)8(11)5-6(2)10/h6-7,10H,3-5,9H2,1-2H3/t6?,7-/m0/s1. The van der Waals surface area contributed by atoms with Crippen LogP contribution in [-0.4, -0.2) is 23.0 Å². The van der Waals surface area contributed by atoms with Gasteiger partial charge in [-0.05, 0) is 13.3 Å². The molecule has 0 aromatic heterocycles. The molecule has 0 rings (SSSR count). The maximum absolute atomic E-state index is 11.1. The fourth-order valence-electron chi connectivity index (χ4n) is 0.915. The Morgan fingerprint density at radius 2 is 2.18 bits per heavy atom. The number of rotatable bonds is 5. The highest BCUT2D eigenvalue weighted by Crippen LogP contribution is 2.00. The van der Waals surface area contributed by atoms with Gasteiger partial charge in [-0.3, -0.25) is 4.79 Å². The van der Waals surface area contributed by atoms with Crippen LogP contribution in [0.4, 0.5) is 0 Å². The lowest BCUT2D eigenvalue weighted by atomic mass is 10.0. The van der Waals surface area contributed by atoms with Crippen LogP contribution < -0.4 is 5.73 Å². The van der Waals surface area contributed by atoms with Crippen molar-refractivity contribution in [1.82, 2.24) is 0 Å². The summed E-state index contributed by atoms with van der Waals surface area (Å²) in [6, 6.07) is -0.380. The first kappa shape index (κ1) is 10.6. The Bertz CT molecular complexity index is 123. The third-order valence-corrected chi connectivity index (χ3v) is 1.51. The Hall–Kier alpha value is -0.410. The minimum absolute atomic E-state index is 0.0400. The van der Waals surface area contributed by atoms with Gasteiger partial charge in [0.25, 0.3) is 0 Å². The highest BCUT2D eigenvalue weighted by Gasteiger charge is 2.13. The fourth-order valence-corrected chi connectivity index (χ4v) is 0.915. The normalized spacial score (nSPS) is 16.0. The summed E-state index contributed by atoms with van der Waals surface area (Å²) in [5.41, 5.74) is 5.52. The average Bonchev–Trinajstić information content (AvgIpc) is 1.86. The summed E-state index contributed by atoms with van der Waals surface area (Å²) in [7, 11) is 0. The second-order valence-electron chi connectivity index (χ2n) is 2.91. The van der Waals surface area contributed by atoms with Gasteiger partial charge in [0, 0.05) is 6.42 Å². The van der Waals surface area contributed by atoms with Crippen LogP contribution in [0.3, 0.4) is 0 Å². The van der Waals surface area contributed by atoms with Gasteiger partial charge in [0.05, 0.1) is 12.1 Å². The molecule has 11 heavy (non-hydrogen) atoms. The number of carbonyl (C=O) groups excluding carboxylic acids is 1. The van der Waals surface area contributed by atoms with E-state index in [1.54, 1.807) is 6.92 Å². The smallest absolute Gasteiger partial charge is 0.152 e. The van der Waals surface area contributed by atoms with Crippen molar-refractivity contribution in [2.75, 3.05) is 0 Å².